The predicted molar refractivity (Wildman–Crippen MR) is 108 cm³/mol. The third kappa shape index (κ3) is 5.54. The second-order valence-corrected chi connectivity index (χ2v) is 7.01. The molecule has 0 atom stereocenters. The van der Waals surface area contributed by atoms with Gasteiger partial charge in [0.05, 0.1) is 11.6 Å². The second kappa shape index (κ2) is 9.16. The molecule has 1 saturated heterocycles. The molecule has 0 radical (unpaired) electrons. The number of hydrogen-bond donors (Lipinski definition) is 0. The van der Waals surface area contributed by atoms with Crippen molar-refractivity contribution in [3.8, 4) is 6.07 Å². The van der Waals surface area contributed by atoms with Crippen molar-refractivity contribution in [2.45, 2.75) is 19.9 Å². The molecule has 3 rings (SSSR count). The summed E-state index contributed by atoms with van der Waals surface area (Å²) in [5, 5.41) is 8.89. The van der Waals surface area contributed by atoms with Crippen LogP contribution in [-0.2, 0) is 11.3 Å². The van der Waals surface area contributed by atoms with Gasteiger partial charge in [-0.15, -0.1) is 0 Å². The molecule has 0 unspecified atom stereocenters. The highest BCUT2D eigenvalue weighted by atomic mass is 16.2. The van der Waals surface area contributed by atoms with Crippen molar-refractivity contribution in [2.24, 2.45) is 0 Å². The highest BCUT2D eigenvalue weighted by Gasteiger charge is 2.17. The lowest BCUT2D eigenvalue weighted by molar-refractivity contribution is -0.125. The molecule has 2 aromatic carbocycles. The minimum atomic E-state index is 0.0794. The first-order chi connectivity index (χ1) is 13.1. The SMILES string of the molecule is Cc1ccc(/C=C/C(=O)N2CCCN(Cc3ccc(C#N)cc3)CC2)cc1. The molecule has 4 heteroatoms. The molecule has 1 heterocycles. The summed E-state index contributed by atoms with van der Waals surface area (Å²) in [5.41, 5.74) is 4.15. The fourth-order valence-electron chi connectivity index (χ4n) is 3.24. The van der Waals surface area contributed by atoms with E-state index in [1.54, 1.807) is 6.08 Å². The number of benzene rings is 2. The van der Waals surface area contributed by atoms with Crippen LogP contribution in [0.4, 0.5) is 0 Å². The largest absolute Gasteiger partial charge is 0.338 e. The lowest BCUT2D eigenvalue weighted by Crippen LogP contribution is -2.34. The van der Waals surface area contributed by atoms with Crippen LogP contribution >= 0.6 is 0 Å². The van der Waals surface area contributed by atoms with Gasteiger partial charge in [-0.25, -0.2) is 0 Å². The lowest BCUT2D eigenvalue weighted by Gasteiger charge is -2.21. The zero-order chi connectivity index (χ0) is 19.1. The molecule has 2 aromatic rings. The molecule has 0 saturated carbocycles. The van der Waals surface area contributed by atoms with Crippen molar-refractivity contribution < 1.29 is 4.79 Å². The quantitative estimate of drug-likeness (QED) is 0.784. The Balaban J connectivity index is 1.53. The normalized spacial score (nSPS) is 15.5. The summed E-state index contributed by atoms with van der Waals surface area (Å²) in [5.74, 6) is 0.0794. The molecular formula is C23H25N3O. The number of rotatable bonds is 4. The highest BCUT2D eigenvalue weighted by Crippen LogP contribution is 2.11. The van der Waals surface area contributed by atoms with Gasteiger partial charge < -0.3 is 4.90 Å². The van der Waals surface area contributed by atoms with Crippen LogP contribution in [0.1, 0.15) is 28.7 Å². The van der Waals surface area contributed by atoms with E-state index < -0.39 is 0 Å². The van der Waals surface area contributed by atoms with Crippen molar-refractivity contribution in [3.05, 3.63) is 76.9 Å². The van der Waals surface area contributed by atoms with E-state index in [1.165, 1.54) is 11.1 Å². The Morgan fingerprint density at radius 1 is 1.04 bits per heavy atom. The number of amides is 1. The topological polar surface area (TPSA) is 47.3 Å². The van der Waals surface area contributed by atoms with E-state index in [2.05, 4.69) is 30.0 Å². The van der Waals surface area contributed by atoms with Gasteiger partial charge in [0.2, 0.25) is 5.91 Å². The Kier molecular flexibility index (Phi) is 6.40. The summed E-state index contributed by atoms with van der Waals surface area (Å²) in [6, 6.07) is 18.1. The van der Waals surface area contributed by atoms with Gasteiger partial charge in [-0.1, -0.05) is 42.0 Å². The standard InChI is InChI=1S/C23H25N3O/c1-19-3-5-20(6-4-19)11-12-23(27)26-14-2-13-25(15-16-26)18-22-9-7-21(17-24)8-10-22/h3-12H,2,13-16,18H2,1H3/b12-11+. The first kappa shape index (κ1) is 18.9. The fraction of sp³-hybridized carbons (Fsp3) is 0.304. The van der Waals surface area contributed by atoms with Gasteiger partial charge in [0.25, 0.3) is 0 Å². The maximum atomic E-state index is 12.5. The summed E-state index contributed by atoms with van der Waals surface area (Å²) < 4.78 is 0. The van der Waals surface area contributed by atoms with Gasteiger partial charge in [0.15, 0.2) is 0 Å². The average Bonchev–Trinajstić information content (AvgIpc) is 2.93. The third-order valence-electron chi connectivity index (χ3n) is 4.89. The molecule has 1 fully saturated rings. The van der Waals surface area contributed by atoms with Crippen LogP contribution in [0.5, 0.6) is 0 Å². The molecule has 0 aromatic heterocycles. The van der Waals surface area contributed by atoms with E-state index in [4.69, 9.17) is 5.26 Å². The van der Waals surface area contributed by atoms with Gasteiger partial charge in [-0.3, -0.25) is 9.69 Å². The van der Waals surface area contributed by atoms with Crippen LogP contribution in [0, 0.1) is 18.3 Å². The molecule has 27 heavy (non-hydrogen) atoms. The number of nitriles is 1. The summed E-state index contributed by atoms with van der Waals surface area (Å²) in [6.45, 7) is 6.29. The number of hydrogen-bond acceptors (Lipinski definition) is 3. The molecular weight excluding hydrogens is 334 g/mol. The minimum Gasteiger partial charge on any atom is -0.338 e. The zero-order valence-corrected chi connectivity index (χ0v) is 15.8. The van der Waals surface area contributed by atoms with Crippen LogP contribution in [-0.4, -0.2) is 41.9 Å². The lowest BCUT2D eigenvalue weighted by atomic mass is 10.1. The Morgan fingerprint density at radius 3 is 2.48 bits per heavy atom. The maximum absolute atomic E-state index is 12.5. The van der Waals surface area contributed by atoms with E-state index in [0.717, 1.165) is 44.7 Å². The monoisotopic (exact) mass is 359 g/mol. The highest BCUT2D eigenvalue weighted by molar-refractivity contribution is 5.91. The molecule has 0 aliphatic carbocycles. The first-order valence-electron chi connectivity index (χ1n) is 9.39. The van der Waals surface area contributed by atoms with Gasteiger partial charge in [-0.2, -0.15) is 5.26 Å². The van der Waals surface area contributed by atoms with E-state index in [1.807, 2.05) is 47.4 Å². The molecule has 138 valence electrons. The van der Waals surface area contributed by atoms with E-state index in [9.17, 15) is 4.79 Å². The molecule has 1 aliphatic heterocycles. The Bertz CT molecular complexity index is 831. The van der Waals surface area contributed by atoms with E-state index in [-0.39, 0.29) is 5.91 Å². The van der Waals surface area contributed by atoms with Crippen LogP contribution < -0.4 is 0 Å². The number of carbonyl (C=O) groups is 1. The smallest absolute Gasteiger partial charge is 0.246 e. The van der Waals surface area contributed by atoms with Crippen molar-refractivity contribution in [2.75, 3.05) is 26.2 Å². The average molecular weight is 359 g/mol. The van der Waals surface area contributed by atoms with Gasteiger partial charge >= 0.3 is 0 Å². The van der Waals surface area contributed by atoms with Crippen LogP contribution in [0.2, 0.25) is 0 Å². The molecule has 0 N–H and O–H groups in total. The zero-order valence-electron chi connectivity index (χ0n) is 15.8. The molecule has 0 bridgehead atoms. The maximum Gasteiger partial charge on any atom is 0.246 e. The minimum absolute atomic E-state index is 0.0794. The summed E-state index contributed by atoms with van der Waals surface area (Å²) in [6.07, 6.45) is 4.54. The van der Waals surface area contributed by atoms with E-state index in [0.29, 0.717) is 5.56 Å². The second-order valence-electron chi connectivity index (χ2n) is 7.01. The van der Waals surface area contributed by atoms with Crippen molar-refractivity contribution >= 4 is 12.0 Å². The third-order valence-corrected chi connectivity index (χ3v) is 4.89. The van der Waals surface area contributed by atoms with Gasteiger partial charge in [0, 0.05) is 38.8 Å². The first-order valence-corrected chi connectivity index (χ1v) is 9.39. The summed E-state index contributed by atoms with van der Waals surface area (Å²) >= 11 is 0. The van der Waals surface area contributed by atoms with Crippen molar-refractivity contribution in [3.63, 3.8) is 0 Å². The van der Waals surface area contributed by atoms with Crippen LogP contribution in [0.25, 0.3) is 6.08 Å². The number of carbonyl (C=O) groups excluding carboxylic acids is 1. The molecule has 1 aliphatic rings. The van der Waals surface area contributed by atoms with Crippen molar-refractivity contribution in [1.29, 1.82) is 5.26 Å². The number of aryl methyl sites for hydroxylation is 1. The molecule has 4 nitrogen and oxygen atoms in total. The fourth-order valence-corrected chi connectivity index (χ4v) is 3.24. The Hall–Kier alpha value is -2.90. The van der Waals surface area contributed by atoms with Crippen LogP contribution in [0.3, 0.4) is 0 Å². The van der Waals surface area contributed by atoms with Crippen molar-refractivity contribution in [1.82, 2.24) is 9.80 Å². The predicted octanol–water partition coefficient (Wildman–Crippen LogP) is 3.61. The van der Waals surface area contributed by atoms with Crippen LogP contribution in [0.15, 0.2) is 54.6 Å². The summed E-state index contributed by atoms with van der Waals surface area (Å²) in [4.78, 5) is 16.8. The van der Waals surface area contributed by atoms with Gasteiger partial charge in [-0.05, 0) is 42.7 Å². The number of nitrogens with zero attached hydrogens (tertiary/aromatic N) is 3. The molecule has 1 amide bonds. The Morgan fingerprint density at radius 2 is 1.78 bits per heavy atom. The van der Waals surface area contributed by atoms with Gasteiger partial charge in [0.1, 0.15) is 0 Å². The van der Waals surface area contributed by atoms with E-state index >= 15 is 0 Å². The Labute approximate surface area is 161 Å². The molecule has 0 spiro atoms. The summed E-state index contributed by atoms with van der Waals surface area (Å²) in [7, 11) is 0.